The number of fused-ring (bicyclic) bond motifs is 1. The first-order chi connectivity index (χ1) is 13.9. The summed E-state index contributed by atoms with van der Waals surface area (Å²) < 4.78 is 13.6. The molecule has 29 heavy (non-hydrogen) atoms. The number of hydrogen-bond donors (Lipinski definition) is 1. The Morgan fingerprint density at radius 2 is 1.72 bits per heavy atom. The molecule has 4 rings (SSSR count). The molecule has 0 aliphatic carbocycles. The summed E-state index contributed by atoms with van der Waals surface area (Å²) in [6, 6.07) is 21.5. The van der Waals surface area contributed by atoms with Crippen LogP contribution in [0, 0.1) is 11.7 Å². The molecule has 1 aliphatic heterocycles. The van der Waals surface area contributed by atoms with E-state index in [4.69, 9.17) is 0 Å². The second kappa shape index (κ2) is 7.26. The molecule has 0 radical (unpaired) electrons. The Morgan fingerprint density at radius 3 is 2.45 bits per heavy atom. The van der Waals surface area contributed by atoms with E-state index in [0.29, 0.717) is 22.4 Å². The number of Topliss-reactive ketones (excluding diaryl/α,β-unsaturated/α-hetero) is 1. The summed E-state index contributed by atoms with van der Waals surface area (Å²) in [5.41, 5.74) is -0.0477. The fourth-order valence-electron chi connectivity index (χ4n) is 3.90. The number of rotatable bonds is 5. The van der Waals surface area contributed by atoms with Crippen LogP contribution in [0.25, 0.3) is 0 Å². The van der Waals surface area contributed by atoms with Crippen molar-refractivity contribution < 1.29 is 19.1 Å². The molecule has 0 saturated heterocycles. The maximum Gasteiger partial charge on any atom is 0.264 e. The van der Waals surface area contributed by atoms with Gasteiger partial charge in [-0.2, -0.15) is 0 Å². The van der Waals surface area contributed by atoms with Crippen LogP contribution in [0.3, 0.4) is 0 Å². The van der Waals surface area contributed by atoms with E-state index in [9.17, 15) is 19.1 Å². The lowest BCUT2D eigenvalue weighted by atomic mass is 9.79. The van der Waals surface area contributed by atoms with Crippen molar-refractivity contribution in [2.75, 3.05) is 4.90 Å². The number of para-hydroxylation sites is 1. The number of benzene rings is 3. The van der Waals surface area contributed by atoms with Gasteiger partial charge in [-0.05, 0) is 23.8 Å². The number of ketones is 1. The highest BCUT2D eigenvalue weighted by molar-refractivity contribution is 6.11. The number of carbonyl (C=O) groups excluding carboxylic acids is 2. The summed E-state index contributed by atoms with van der Waals surface area (Å²) >= 11 is 0. The summed E-state index contributed by atoms with van der Waals surface area (Å²) in [4.78, 5) is 27.8. The van der Waals surface area contributed by atoms with E-state index in [1.54, 1.807) is 73.7 Å². The molecule has 5 heteroatoms. The van der Waals surface area contributed by atoms with Crippen LogP contribution in [0.4, 0.5) is 10.1 Å². The van der Waals surface area contributed by atoms with Crippen LogP contribution >= 0.6 is 0 Å². The van der Waals surface area contributed by atoms with Crippen molar-refractivity contribution in [3.8, 4) is 0 Å². The van der Waals surface area contributed by atoms with Gasteiger partial charge in [0.15, 0.2) is 11.4 Å². The first-order valence-corrected chi connectivity index (χ1v) is 9.40. The molecule has 2 atom stereocenters. The zero-order chi connectivity index (χ0) is 20.6. The molecule has 4 nitrogen and oxygen atoms in total. The van der Waals surface area contributed by atoms with Gasteiger partial charge in [-0.3, -0.25) is 9.59 Å². The fourth-order valence-corrected chi connectivity index (χ4v) is 3.90. The van der Waals surface area contributed by atoms with E-state index >= 15 is 0 Å². The van der Waals surface area contributed by atoms with Gasteiger partial charge in [0.25, 0.3) is 5.91 Å². The predicted octanol–water partition coefficient (Wildman–Crippen LogP) is 4.08. The third-order valence-electron chi connectivity index (χ3n) is 5.48. The number of amides is 1. The fraction of sp³-hybridized carbons (Fsp3) is 0.167. The van der Waals surface area contributed by atoms with Crippen molar-refractivity contribution >= 4 is 17.4 Å². The first kappa shape index (κ1) is 19.0. The lowest BCUT2D eigenvalue weighted by Gasteiger charge is -2.28. The number of halogens is 1. The summed E-state index contributed by atoms with van der Waals surface area (Å²) in [6.07, 6.45) is 0. The number of aliphatic hydroxyl groups is 1. The molecule has 0 aromatic heterocycles. The molecule has 1 N–H and O–H groups in total. The molecule has 1 heterocycles. The minimum atomic E-state index is -1.99. The Morgan fingerprint density at radius 1 is 1.03 bits per heavy atom. The van der Waals surface area contributed by atoms with E-state index in [1.807, 2.05) is 0 Å². The average molecular weight is 389 g/mol. The second-order valence-electron chi connectivity index (χ2n) is 7.26. The summed E-state index contributed by atoms with van der Waals surface area (Å²) in [5, 5.41) is 11.5. The van der Waals surface area contributed by atoms with Crippen LogP contribution in [-0.2, 0) is 16.9 Å². The SMILES string of the molecule is C[C@@H](C(=O)c1ccccc1)[C@@]1(O)C(=O)N(Cc2cccc(F)c2)c2ccccc21. The van der Waals surface area contributed by atoms with Gasteiger partial charge in [-0.25, -0.2) is 4.39 Å². The molecule has 0 fully saturated rings. The van der Waals surface area contributed by atoms with Gasteiger partial charge in [0.2, 0.25) is 0 Å². The Kier molecular flexibility index (Phi) is 4.76. The quantitative estimate of drug-likeness (QED) is 0.669. The second-order valence-corrected chi connectivity index (χ2v) is 7.26. The minimum absolute atomic E-state index is 0.0994. The van der Waals surface area contributed by atoms with Crippen LogP contribution in [0.1, 0.15) is 28.4 Å². The summed E-state index contributed by atoms with van der Waals surface area (Å²) in [6.45, 7) is 1.66. The van der Waals surface area contributed by atoms with Crippen LogP contribution < -0.4 is 4.90 Å². The topological polar surface area (TPSA) is 57.6 Å². The van der Waals surface area contributed by atoms with Crippen molar-refractivity contribution in [3.05, 3.63) is 101 Å². The van der Waals surface area contributed by atoms with Crippen LogP contribution in [0.2, 0.25) is 0 Å². The largest absolute Gasteiger partial charge is 0.375 e. The zero-order valence-electron chi connectivity index (χ0n) is 15.9. The number of nitrogens with zero attached hydrogens (tertiary/aromatic N) is 1. The van der Waals surface area contributed by atoms with Crippen molar-refractivity contribution in [1.82, 2.24) is 0 Å². The molecule has 0 spiro atoms. The van der Waals surface area contributed by atoms with Crippen LogP contribution in [-0.4, -0.2) is 16.8 Å². The smallest absolute Gasteiger partial charge is 0.264 e. The van der Waals surface area contributed by atoms with Crippen molar-refractivity contribution in [3.63, 3.8) is 0 Å². The van der Waals surface area contributed by atoms with Crippen molar-refractivity contribution in [1.29, 1.82) is 0 Å². The van der Waals surface area contributed by atoms with Crippen molar-refractivity contribution in [2.24, 2.45) is 5.92 Å². The first-order valence-electron chi connectivity index (χ1n) is 9.40. The molecule has 3 aromatic rings. The Bertz CT molecular complexity index is 1080. The van der Waals surface area contributed by atoms with E-state index in [0.717, 1.165) is 0 Å². The molecule has 0 unspecified atom stereocenters. The van der Waals surface area contributed by atoms with Crippen LogP contribution in [0.15, 0.2) is 78.9 Å². The van der Waals surface area contributed by atoms with Gasteiger partial charge in [0.1, 0.15) is 5.82 Å². The molecular weight excluding hydrogens is 369 g/mol. The molecule has 1 aliphatic rings. The Labute approximate surface area is 168 Å². The maximum atomic E-state index is 13.6. The van der Waals surface area contributed by atoms with Gasteiger partial charge >= 0.3 is 0 Å². The van der Waals surface area contributed by atoms with E-state index < -0.39 is 23.2 Å². The van der Waals surface area contributed by atoms with Gasteiger partial charge in [-0.1, -0.05) is 67.6 Å². The Hall–Kier alpha value is -3.31. The van der Waals surface area contributed by atoms with Gasteiger partial charge in [0, 0.05) is 11.1 Å². The zero-order valence-corrected chi connectivity index (χ0v) is 15.9. The summed E-state index contributed by atoms with van der Waals surface area (Å²) in [5.74, 6) is -2.29. The highest BCUT2D eigenvalue weighted by atomic mass is 19.1. The standard InChI is InChI=1S/C24H20FNO3/c1-16(22(27)18-9-3-2-4-10-18)24(29)20-12-5-6-13-21(20)26(23(24)28)15-17-8-7-11-19(25)14-17/h2-14,16,29H,15H2,1H3/t16-,24-/m0/s1. The normalized spacial score (nSPS) is 19.1. The lowest BCUT2D eigenvalue weighted by Crippen LogP contribution is -2.47. The molecule has 146 valence electrons. The molecule has 1 amide bonds. The van der Waals surface area contributed by atoms with E-state index in [-0.39, 0.29) is 12.3 Å². The van der Waals surface area contributed by atoms with E-state index in [1.165, 1.54) is 17.0 Å². The minimum Gasteiger partial charge on any atom is -0.375 e. The van der Waals surface area contributed by atoms with Crippen LogP contribution in [0.5, 0.6) is 0 Å². The number of anilines is 1. The monoisotopic (exact) mass is 389 g/mol. The highest BCUT2D eigenvalue weighted by Gasteiger charge is 2.55. The number of hydrogen-bond acceptors (Lipinski definition) is 3. The van der Waals surface area contributed by atoms with Gasteiger partial charge in [-0.15, -0.1) is 0 Å². The maximum absolute atomic E-state index is 13.6. The predicted molar refractivity (Wildman–Crippen MR) is 108 cm³/mol. The molecular formula is C24H20FNO3. The lowest BCUT2D eigenvalue weighted by molar-refractivity contribution is -0.139. The third kappa shape index (κ3) is 3.13. The molecule has 0 saturated carbocycles. The average Bonchev–Trinajstić information content (AvgIpc) is 2.96. The molecule has 0 bridgehead atoms. The van der Waals surface area contributed by atoms with Gasteiger partial charge in [0.05, 0.1) is 18.2 Å². The van der Waals surface area contributed by atoms with E-state index in [2.05, 4.69) is 0 Å². The Balaban J connectivity index is 1.74. The summed E-state index contributed by atoms with van der Waals surface area (Å²) in [7, 11) is 0. The molecule has 3 aromatic carbocycles. The number of carbonyl (C=O) groups is 2. The van der Waals surface area contributed by atoms with Crippen molar-refractivity contribution in [2.45, 2.75) is 19.1 Å². The highest BCUT2D eigenvalue weighted by Crippen LogP contribution is 2.46. The van der Waals surface area contributed by atoms with Gasteiger partial charge < -0.3 is 10.0 Å². The third-order valence-corrected chi connectivity index (χ3v) is 5.48.